The average molecular weight is 300 g/mol. The Hall–Kier alpha value is -0.0800. The minimum atomic E-state index is -0.672. The Morgan fingerprint density at radius 2 is 1.19 bits per heavy atom. The van der Waals surface area contributed by atoms with Crippen molar-refractivity contribution in [1.29, 1.82) is 0 Å². The maximum atomic E-state index is 10.5. The third-order valence-electron chi connectivity index (χ3n) is 4.70. The van der Waals surface area contributed by atoms with Gasteiger partial charge in [0, 0.05) is 6.04 Å². The standard InChI is InChI=1S/C19H41NO/c1-4-6-8-10-12-14-16-18(20)19(3,21)17-15-13-11-9-7-5-2/h18,21H,4-17,20H2,1-3H3. The summed E-state index contributed by atoms with van der Waals surface area (Å²) in [5.41, 5.74) is 5.53. The fourth-order valence-corrected chi connectivity index (χ4v) is 2.90. The van der Waals surface area contributed by atoms with Crippen molar-refractivity contribution >= 4 is 0 Å². The predicted octanol–water partition coefficient (Wildman–Crippen LogP) is 5.57. The topological polar surface area (TPSA) is 46.2 Å². The Morgan fingerprint density at radius 3 is 1.71 bits per heavy atom. The maximum absolute atomic E-state index is 10.5. The largest absolute Gasteiger partial charge is 0.389 e. The summed E-state index contributed by atoms with van der Waals surface area (Å²) in [6.07, 6.45) is 17.2. The second-order valence-corrected chi connectivity index (χ2v) is 7.04. The van der Waals surface area contributed by atoms with E-state index in [0.29, 0.717) is 0 Å². The van der Waals surface area contributed by atoms with Gasteiger partial charge >= 0.3 is 0 Å². The van der Waals surface area contributed by atoms with Crippen LogP contribution in [0.5, 0.6) is 0 Å². The van der Waals surface area contributed by atoms with Crippen LogP contribution in [0.15, 0.2) is 0 Å². The first-order chi connectivity index (χ1) is 10.0. The van der Waals surface area contributed by atoms with E-state index in [1.54, 1.807) is 0 Å². The quantitative estimate of drug-likeness (QED) is 0.388. The highest BCUT2D eigenvalue weighted by molar-refractivity contribution is 4.85. The van der Waals surface area contributed by atoms with E-state index in [2.05, 4.69) is 13.8 Å². The number of rotatable bonds is 15. The van der Waals surface area contributed by atoms with Gasteiger partial charge in [-0.25, -0.2) is 0 Å². The monoisotopic (exact) mass is 299 g/mol. The van der Waals surface area contributed by atoms with E-state index in [1.807, 2.05) is 6.92 Å². The summed E-state index contributed by atoms with van der Waals surface area (Å²) in [6, 6.07) is -0.0562. The van der Waals surface area contributed by atoms with Crippen molar-refractivity contribution in [3.8, 4) is 0 Å². The van der Waals surface area contributed by atoms with Crippen LogP contribution in [-0.2, 0) is 0 Å². The van der Waals surface area contributed by atoms with Crippen molar-refractivity contribution in [2.75, 3.05) is 0 Å². The molecule has 2 heteroatoms. The van der Waals surface area contributed by atoms with Crippen LogP contribution in [0.25, 0.3) is 0 Å². The molecular formula is C19H41NO. The molecule has 0 saturated carbocycles. The first-order valence-electron chi connectivity index (χ1n) is 9.52. The van der Waals surface area contributed by atoms with Gasteiger partial charge in [-0.2, -0.15) is 0 Å². The third kappa shape index (κ3) is 12.2. The average Bonchev–Trinajstić information content (AvgIpc) is 2.46. The molecule has 0 spiro atoms. The molecule has 128 valence electrons. The molecule has 0 heterocycles. The predicted molar refractivity (Wildman–Crippen MR) is 94.6 cm³/mol. The molecule has 2 atom stereocenters. The van der Waals surface area contributed by atoms with E-state index in [-0.39, 0.29) is 6.04 Å². The molecule has 2 unspecified atom stereocenters. The molecule has 0 aromatic rings. The molecule has 0 amide bonds. The van der Waals surface area contributed by atoms with Crippen LogP contribution >= 0.6 is 0 Å². The fourth-order valence-electron chi connectivity index (χ4n) is 2.90. The van der Waals surface area contributed by atoms with Crippen molar-refractivity contribution < 1.29 is 5.11 Å². The van der Waals surface area contributed by atoms with Gasteiger partial charge in [0.05, 0.1) is 5.60 Å². The first-order valence-corrected chi connectivity index (χ1v) is 9.52. The minimum Gasteiger partial charge on any atom is -0.389 e. The summed E-state index contributed by atoms with van der Waals surface area (Å²) in [6.45, 7) is 6.42. The molecule has 0 aromatic heterocycles. The van der Waals surface area contributed by atoms with Crippen LogP contribution in [0.1, 0.15) is 111 Å². The molecule has 0 bridgehead atoms. The third-order valence-corrected chi connectivity index (χ3v) is 4.70. The van der Waals surface area contributed by atoms with Gasteiger partial charge in [-0.3, -0.25) is 0 Å². The Bertz CT molecular complexity index is 216. The van der Waals surface area contributed by atoms with Crippen LogP contribution in [0, 0.1) is 0 Å². The highest BCUT2D eigenvalue weighted by Crippen LogP contribution is 2.22. The number of unbranched alkanes of at least 4 members (excludes halogenated alkanes) is 10. The molecule has 3 N–H and O–H groups in total. The summed E-state index contributed by atoms with van der Waals surface area (Å²) in [5.74, 6) is 0. The lowest BCUT2D eigenvalue weighted by Gasteiger charge is -2.30. The molecular weight excluding hydrogens is 258 g/mol. The zero-order chi connectivity index (χ0) is 16.0. The molecule has 0 aliphatic heterocycles. The smallest absolute Gasteiger partial charge is 0.0769 e. The molecule has 2 nitrogen and oxygen atoms in total. The Kier molecular flexibility index (Phi) is 13.5. The highest BCUT2D eigenvalue weighted by atomic mass is 16.3. The van der Waals surface area contributed by atoms with Gasteiger partial charge in [0.1, 0.15) is 0 Å². The summed E-state index contributed by atoms with van der Waals surface area (Å²) in [7, 11) is 0. The van der Waals surface area contributed by atoms with E-state index < -0.39 is 5.60 Å². The summed E-state index contributed by atoms with van der Waals surface area (Å²) in [4.78, 5) is 0. The van der Waals surface area contributed by atoms with E-state index in [0.717, 1.165) is 25.7 Å². The Labute approximate surface area is 133 Å². The van der Waals surface area contributed by atoms with Crippen molar-refractivity contribution in [2.45, 2.75) is 122 Å². The van der Waals surface area contributed by atoms with Gasteiger partial charge in [-0.1, -0.05) is 90.9 Å². The van der Waals surface area contributed by atoms with Crippen LogP contribution in [0.4, 0.5) is 0 Å². The number of aliphatic hydroxyl groups is 1. The second kappa shape index (κ2) is 13.6. The molecule has 0 aliphatic carbocycles. The maximum Gasteiger partial charge on any atom is 0.0769 e. The lowest BCUT2D eigenvalue weighted by molar-refractivity contribution is 0.0184. The number of hydrogen-bond acceptors (Lipinski definition) is 2. The zero-order valence-electron chi connectivity index (χ0n) is 15.0. The van der Waals surface area contributed by atoms with E-state index >= 15 is 0 Å². The van der Waals surface area contributed by atoms with Gasteiger partial charge < -0.3 is 10.8 Å². The van der Waals surface area contributed by atoms with Crippen LogP contribution < -0.4 is 5.73 Å². The molecule has 0 aliphatic rings. The molecule has 0 aromatic carbocycles. The molecule has 0 fully saturated rings. The van der Waals surface area contributed by atoms with Gasteiger partial charge in [-0.05, 0) is 19.8 Å². The van der Waals surface area contributed by atoms with Gasteiger partial charge in [0.15, 0.2) is 0 Å². The summed E-state index contributed by atoms with van der Waals surface area (Å²) in [5, 5.41) is 10.5. The lowest BCUT2D eigenvalue weighted by Crippen LogP contribution is -2.45. The van der Waals surface area contributed by atoms with E-state index in [9.17, 15) is 5.11 Å². The number of nitrogens with two attached hydrogens (primary N) is 1. The second-order valence-electron chi connectivity index (χ2n) is 7.04. The first kappa shape index (κ1) is 20.9. The van der Waals surface area contributed by atoms with Crippen molar-refractivity contribution in [3.63, 3.8) is 0 Å². The van der Waals surface area contributed by atoms with Crippen molar-refractivity contribution in [1.82, 2.24) is 0 Å². The van der Waals surface area contributed by atoms with Gasteiger partial charge in [0.2, 0.25) is 0 Å². The summed E-state index contributed by atoms with van der Waals surface area (Å²) >= 11 is 0. The molecule has 21 heavy (non-hydrogen) atoms. The summed E-state index contributed by atoms with van der Waals surface area (Å²) < 4.78 is 0. The van der Waals surface area contributed by atoms with Crippen molar-refractivity contribution in [3.05, 3.63) is 0 Å². The SMILES string of the molecule is CCCCCCCCC(N)C(C)(O)CCCCCCCC. The van der Waals surface area contributed by atoms with E-state index in [4.69, 9.17) is 5.73 Å². The zero-order valence-corrected chi connectivity index (χ0v) is 15.0. The van der Waals surface area contributed by atoms with Crippen LogP contribution in [0.2, 0.25) is 0 Å². The van der Waals surface area contributed by atoms with Crippen molar-refractivity contribution in [2.24, 2.45) is 5.73 Å². The normalized spacial score (nSPS) is 15.9. The number of hydrogen-bond donors (Lipinski definition) is 2. The molecule has 0 rings (SSSR count). The van der Waals surface area contributed by atoms with Crippen LogP contribution in [-0.4, -0.2) is 16.7 Å². The Morgan fingerprint density at radius 1 is 0.762 bits per heavy atom. The lowest BCUT2D eigenvalue weighted by atomic mass is 9.87. The van der Waals surface area contributed by atoms with Crippen LogP contribution in [0.3, 0.4) is 0 Å². The highest BCUT2D eigenvalue weighted by Gasteiger charge is 2.27. The van der Waals surface area contributed by atoms with Gasteiger partial charge in [0.25, 0.3) is 0 Å². The fraction of sp³-hybridized carbons (Fsp3) is 1.00. The molecule has 0 saturated heterocycles. The Balaban J connectivity index is 3.61. The molecule has 0 radical (unpaired) electrons. The van der Waals surface area contributed by atoms with E-state index in [1.165, 1.54) is 64.2 Å². The van der Waals surface area contributed by atoms with Gasteiger partial charge in [-0.15, -0.1) is 0 Å². The minimum absolute atomic E-state index is 0.0562.